The van der Waals surface area contributed by atoms with Crippen LogP contribution in [0.4, 0.5) is 0 Å². The van der Waals surface area contributed by atoms with Crippen LogP contribution in [0.1, 0.15) is 39.4 Å². The minimum Gasteiger partial charge on any atom is -0.298 e. The average Bonchev–Trinajstić information content (AvgIpc) is 3.04. The lowest BCUT2D eigenvalue weighted by molar-refractivity contribution is 0.0957. The van der Waals surface area contributed by atoms with Gasteiger partial charge in [-0.05, 0) is 43.2 Å². The van der Waals surface area contributed by atoms with Gasteiger partial charge in [0.2, 0.25) is 0 Å². The van der Waals surface area contributed by atoms with Gasteiger partial charge in [0, 0.05) is 24.5 Å². The molecule has 19 heavy (non-hydrogen) atoms. The Kier molecular flexibility index (Phi) is 3.60. The quantitative estimate of drug-likeness (QED) is 0.505. The molecule has 0 radical (unpaired) electrons. The molecule has 0 spiro atoms. The fraction of sp³-hybridized carbons (Fsp3) is 0.643. The molecule has 1 aromatic rings. The lowest BCUT2D eigenvalue weighted by Crippen LogP contribution is -2.29. The van der Waals surface area contributed by atoms with E-state index >= 15 is 0 Å². The Labute approximate surface area is 117 Å². The third kappa shape index (κ3) is 2.55. The molecule has 2 fully saturated rings. The average molecular weight is 279 g/mol. The number of rotatable bonds is 3. The Hall–Kier alpha value is -0.910. The van der Waals surface area contributed by atoms with Crippen molar-refractivity contribution < 1.29 is 4.79 Å². The van der Waals surface area contributed by atoms with Gasteiger partial charge in [-0.3, -0.25) is 15.1 Å². The van der Waals surface area contributed by atoms with Crippen molar-refractivity contribution in [3.63, 3.8) is 0 Å². The predicted octanol–water partition coefficient (Wildman–Crippen LogP) is 1.89. The Morgan fingerprint density at radius 3 is 2.79 bits per heavy atom. The lowest BCUT2D eigenvalue weighted by atomic mass is 10.0. The number of aryl methyl sites for hydroxylation is 1. The lowest BCUT2D eigenvalue weighted by Gasteiger charge is -2.16. The number of nitrogens with two attached hydrogens (primary N) is 1. The summed E-state index contributed by atoms with van der Waals surface area (Å²) in [6.45, 7) is 5.54. The van der Waals surface area contributed by atoms with E-state index < -0.39 is 0 Å². The smallest absolute Gasteiger partial charge is 0.275 e. The first kappa shape index (κ1) is 13.1. The second-order valence-corrected chi connectivity index (χ2v) is 7.07. The molecule has 0 bridgehead atoms. The monoisotopic (exact) mass is 279 g/mol. The second-order valence-electron chi connectivity index (χ2n) is 5.81. The molecule has 1 saturated heterocycles. The van der Waals surface area contributed by atoms with E-state index in [1.807, 2.05) is 6.07 Å². The number of hydrogen-bond acceptors (Lipinski definition) is 4. The summed E-state index contributed by atoms with van der Waals surface area (Å²) in [5, 5.41) is 0. The molecule has 1 aromatic heterocycles. The van der Waals surface area contributed by atoms with Crippen molar-refractivity contribution >= 4 is 17.2 Å². The van der Waals surface area contributed by atoms with Crippen LogP contribution in [0.3, 0.4) is 0 Å². The molecular formula is C14H21N3OS. The molecule has 4 nitrogen and oxygen atoms in total. The van der Waals surface area contributed by atoms with Crippen LogP contribution in [-0.4, -0.2) is 23.9 Å². The first-order valence-electron chi connectivity index (χ1n) is 7.00. The summed E-state index contributed by atoms with van der Waals surface area (Å²) in [4.78, 5) is 16.0. The third-order valence-corrected chi connectivity index (χ3v) is 5.66. The largest absolute Gasteiger partial charge is 0.298 e. The molecule has 1 saturated carbocycles. The normalized spacial score (nSPS) is 26.6. The summed E-state index contributed by atoms with van der Waals surface area (Å²) in [5.74, 6) is 6.85. The van der Waals surface area contributed by atoms with E-state index in [1.54, 1.807) is 0 Å². The fourth-order valence-electron chi connectivity index (χ4n) is 3.56. The highest BCUT2D eigenvalue weighted by Crippen LogP contribution is 2.38. The maximum atomic E-state index is 11.5. The van der Waals surface area contributed by atoms with Gasteiger partial charge >= 0.3 is 0 Å². The third-order valence-electron chi connectivity index (χ3n) is 4.57. The van der Waals surface area contributed by atoms with Gasteiger partial charge in [-0.1, -0.05) is 6.42 Å². The van der Waals surface area contributed by atoms with Gasteiger partial charge in [-0.15, -0.1) is 11.3 Å². The van der Waals surface area contributed by atoms with Crippen LogP contribution in [0.25, 0.3) is 0 Å². The maximum Gasteiger partial charge on any atom is 0.275 e. The number of hydrogen-bond donors (Lipinski definition) is 2. The highest BCUT2D eigenvalue weighted by atomic mass is 32.1. The summed E-state index contributed by atoms with van der Waals surface area (Å²) >= 11 is 1.53. The zero-order valence-corrected chi connectivity index (χ0v) is 12.1. The number of nitrogens with zero attached hydrogens (tertiary/aromatic N) is 1. The van der Waals surface area contributed by atoms with Crippen molar-refractivity contribution in [3.05, 3.63) is 21.4 Å². The molecule has 104 valence electrons. The van der Waals surface area contributed by atoms with Crippen molar-refractivity contribution in [2.45, 2.75) is 32.7 Å². The molecule has 1 aliphatic carbocycles. The van der Waals surface area contributed by atoms with Gasteiger partial charge in [0.25, 0.3) is 5.91 Å². The summed E-state index contributed by atoms with van der Waals surface area (Å²) in [6, 6.07) is 2.00. The van der Waals surface area contributed by atoms with Gasteiger partial charge in [0.05, 0.1) is 4.88 Å². The summed E-state index contributed by atoms with van der Waals surface area (Å²) in [5.41, 5.74) is 3.49. The van der Waals surface area contributed by atoms with Crippen molar-refractivity contribution in [1.29, 1.82) is 0 Å². The molecule has 2 unspecified atom stereocenters. The van der Waals surface area contributed by atoms with Gasteiger partial charge < -0.3 is 0 Å². The first-order chi connectivity index (χ1) is 9.17. The van der Waals surface area contributed by atoms with E-state index in [0.717, 1.165) is 23.3 Å². The highest BCUT2D eigenvalue weighted by molar-refractivity contribution is 7.14. The summed E-state index contributed by atoms with van der Waals surface area (Å²) in [7, 11) is 0. The number of carbonyl (C=O) groups is 1. The second kappa shape index (κ2) is 5.23. The van der Waals surface area contributed by atoms with Crippen molar-refractivity contribution in [3.8, 4) is 0 Å². The van der Waals surface area contributed by atoms with Crippen molar-refractivity contribution in [1.82, 2.24) is 10.3 Å². The number of nitrogen functional groups attached to an aromatic ring is 1. The minimum atomic E-state index is -0.183. The van der Waals surface area contributed by atoms with Gasteiger partial charge in [-0.25, -0.2) is 5.84 Å². The van der Waals surface area contributed by atoms with E-state index in [0.29, 0.717) is 0 Å². The minimum absolute atomic E-state index is 0.183. The predicted molar refractivity (Wildman–Crippen MR) is 76.8 cm³/mol. The van der Waals surface area contributed by atoms with Crippen LogP contribution >= 0.6 is 11.3 Å². The van der Waals surface area contributed by atoms with Crippen LogP contribution in [0, 0.1) is 18.8 Å². The van der Waals surface area contributed by atoms with Crippen LogP contribution in [0.15, 0.2) is 6.07 Å². The van der Waals surface area contributed by atoms with Crippen molar-refractivity contribution in [2.24, 2.45) is 17.7 Å². The Morgan fingerprint density at radius 2 is 2.16 bits per heavy atom. The van der Waals surface area contributed by atoms with Gasteiger partial charge in [0.1, 0.15) is 0 Å². The SMILES string of the molecule is Cc1sc(C(=O)NN)cc1CN1CC2CCCC2C1. The van der Waals surface area contributed by atoms with Crippen LogP contribution in [-0.2, 0) is 6.54 Å². The first-order valence-corrected chi connectivity index (χ1v) is 7.81. The molecule has 1 aliphatic heterocycles. The number of thiophene rings is 1. The summed E-state index contributed by atoms with van der Waals surface area (Å²) in [6.07, 6.45) is 4.23. The topological polar surface area (TPSA) is 58.4 Å². The summed E-state index contributed by atoms with van der Waals surface area (Å²) < 4.78 is 0. The zero-order valence-electron chi connectivity index (χ0n) is 11.3. The fourth-order valence-corrected chi connectivity index (χ4v) is 4.50. The van der Waals surface area contributed by atoms with Crippen LogP contribution in [0.2, 0.25) is 0 Å². The number of likely N-dealkylation sites (tertiary alicyclic amines) is 1. The van der Waals surface area contributed by atoms with E-state index in [9.17, 15) is 4.79 Å². The Bertz CT molecular complexity index is 473. The number of nitrogens with one attached hydrogen (secondary N) is 1. The molecule has 3 N–H and O–H groups in total. The van der Waals surface area contributed by atoms with E-state index in [1.165, 1.54) is 54.1 Å². The number of carbonyl (C=O) groups excluding carboxylic acids is 1. The van der Waals surface area contributed by atoms with Crippen LogP contribution < -0.4 is 11.3 Å². The molecule has 0 aromatic carbocycles. The number of amides is 1. The van der Waals surface area contributed by atoms with E-state index in [2.05, 4.69) is 17.2 Å². The maximum absolute atomic E-state index is 11.5. The van der Waals surface area contributed by atoms with Crippen molar-refractivity contribution in [2.75, 3.05) is 13.1 Å². The van der Waals surface area contributed by atoms with Crippen LogP contribution in [0.5, 0.6) is 0 Å². The molecule has 5 heteroatoms. The Morgan fingerprint density at radius 1 is 1.47 bits per heavy atom. The highest BCUT2D eigenvalue weighted by Gasteiger charge is 2.36. The molecule has 2 heterocycles. The zero-order chi connectivity index (χ0) is 13.4. The molecule has 2 atom stereocenters. The number of hydrazine groups is 1. The standard InChI is InChI=1S/C14H21N3OS/c1-9-12(5-13(19-9)14(18)16-15)8-17-6-10-3-2-4-11(10)7-17/h5,10-11H,2-4,6-8,15H2,1H3,(H,16,18). The molecular weight excluding hydrogens is 258 g/mol. The van der Waals surface area contributed by atoms with E-state index in [-0.39, 0.29) is 5.91 Å². The van der Waals surface area contributed by atoms with E-state index in [4.69, 9.17) is 5.84 Å². The Balaban J connectivity index is 1.67. The molecule has 1 amide bonds. The molecule has 3 rings (SSSR count). The molecule has 2 aliphatic rings. The van der Waals surface area contributed by atoms with Gasteiger partial charge in [0.15, 0.2) is 0 Å². The number of fused-ring (bicyclic) bond motifs is 1. The van der Waals surface area contributed by atoms with Gasteiger partial charge in [-0.2, -0.15) is 0 Å².